The van der Waals surface area contributed by atoms with Crippen molar-refractivity contribution in [2.24, 2.45) is 0 Å². The van der Waals surface area contributed by atoms with Gasteiger partial charge in [0.1, 0.15) is 36.3 Å². The van der Waals surface area contributed by atoms with Gasteiger partial charge in [-0.15, -0.1) is 0 Å². The van der Waals surface area contributed by atoms with E-state index in [9.17, 15) is 20.4 Å². The van der Waals surface area contributed by atoms with Crippen molar-refractivity contribution in [2.45, 2.75) is 56.7 Å². The van der Waals surface area contributed by atoms with E-state index in [-0.39, 0.29) is 0 Å². The molecule has 0 unspecified atom stereocenters. The average molecular weight is 435 g/mol. The van der Waals surface area contributed by atoms with Gasteiger partial charge < -0.3 is 29.9 Å². The van der Waals surface area contributed by atoms with E-state index >= 15 is 0 Å². The van der Waals surface area contributed by atoms with Crippen LogP contribution < -0.4 is 4.74 Å². The summed E-state index contributed by atoms with van der Waals surface area (Å²) in [6, 6.07) is 10.2. The van der Waals surface area contributed by atoms with Crippen LogP contribution in [0.2, 0.25) is 5.02 Å². The summed E-state index contributed by atoms with van der Waals surface area (Å²) in [5.41, 5.74) is 4.66. The van der Waals surface area contributed by atoms with Gasteiger partial charge in [-0.1, -0.05) is 42.8 Å². The molecule has 0 amide bonds. The first-order valence-corrected chi connectivity index (χ1v) is 10.7. The molecule has 5 atom stereocenters. The predicted octanol–water partition coefficient (Wildman–Crippen LogP) is 1.94. The predicted molar refractivity (Wildman–Crippen MR) is 112 cm³/mol. The highest BCUT2D eigenvalue weighted by molar-refractivity contribution is 6.32. The summed E-state index contributed by atoms with van der Waals surface area (Å²) in [7, 11) is 0. The molecular formula is C23H27ClO6. The highest BCUT2D eigenvalue weighted by atomic mass is 35.5. The van der Waals surface area contributed by atoms with Gasteiger partial charge in [0.15, 0.2) is 0 Å². The molecule has 0 radical (unpaired) electrons. The molecule has 0 saturated carbocycles. The van der Waals surface area contributed by atoms with Gasteiger partial charge in [-0.2, -0.15) is 0 Å². The van der Waals surface area contributed by atoms with Gasteiger partial charge in [0.2, 0.25) is 0 Å². The first-order valence-electron chi connectivity index (χ1n) is 10.3. The smallest absolute Gasteiger partial charge is 0.130 e. The van der Waals surface area contributed by atoms with Crippen LogP contribution in [0.15, 0.2) is 30.3 Å². The minimum absolute atomic E-state index is 0.466. The molecule has 1 saturated heterocycles. The fraction of sp³-hybridized carbons (Fsp3) is 0.478. The summed E-state index contributed by atoms with van der Waals surface area (Å²) < 4.78 is 11.6. The van der Waals surface area contributed by atoms with Gasteiger partial charge in [0.25, 0.3) is 0 Å². The van der Waals surface area contributed by atoms with Crippen molar-refractivity contribution in [2.75, 3.05) is 13.2 Å². The third-order valence-electron chi connectivity index (χ3n) is 6.04. The Morgan fingerprint density at radius 1 is 1.03 bits per heavy atom. The van der Waals surface area contributed by atoms with Crippen LogP contribution in [0, 0.1) is 0 Å². The lowest BCUT2D eigenvalue weighted by atomic mass is 9.88. The summed E-state index contributed by atoms with van der Waals surface area (Å²) in [5, 5.41) is 41.1. The van der Waals surface area contributed by atoms with Crippen molar-refractivity contribution in [3.05, 3.63) is 63.2 Å². The number of fused-ring (bicyclic) bond motifs is 1. The minimum atomic E-state index is -1.45. The average Bonchev–Trinajstić information content (AvgIpc) is 3.26. The molecular weight excluding hydrogens is 408 g/mol. The molecule has 7 heteroatoms. The highest BCUT2D eigenvalue weighted by Crippen LogP contribution is 2.45. The Balaban J connectivity index is 1.73. The second kappa shape index (κ2) is 8.83. The number of hydrogen-bond donors (Lipinski definition) is 4. The first-order chi connectivity index (χ1) is 14.4. The van der Waals surface area contributed by atoms with Crippen molar-refractivity contribution in [3.63, 3.8) is 0 Å². The Morgan fingerprint density at radius 3 is 2.40 bits per heavy atom. The van der Waals surface area contributed by atoms with Crippen LogP contribution in [0.1, 0.15) is 40.8 Å². The molecule has 6 nitrogen and oxygen atoms in total. The first kappa shape index (κ1) is 21.6. The molecule has 0 spiro atoms. The minimum Gasteiger partial charge on any atom is -0.493 e. The van der Waals surface area contributed by atoms with E-state index in [2.05, 4.69) is 31.2 Å². The lowest BCUT2D eigenvalue weighted by Crippen LogP contribution is -2.55. The van der Waals surface area contributed by atoms with Crippen LogP contribution in [0.4, 0.5) is 0 Å². The lowest BCUT2D eigenvalue weighted by molar-refractivity contribution is -0.232. The fourth-order valence-electron chi connectivity index (χ4n) is 4.24. The van der Waals surface area contributed by atoms with Gasteiger partial charge in [0.05, 0.1) is 18.2 Å². The second-order valence-corrected chi connectivity index (χ2v) is 8.32. The molecule has 4 N–H and O–H groups in total. The van der Waals surface area contributed by atoms with Crippen LogP contribution in [0.3, 0.4) is 0 Å². The largest absolute Gasteiger partial charge is 0.493 e. The molecule has 1 fully saturated rings. The maximum Gasteiger partial charge on any atom is 0.130 e. The van der Waals surface area contributed by atoms with Gasteiger partial charge >= 0.3 is 0 Å². The molecule has 30 heavy (non-hydrogen) atoms. The quantitative estimate of drug-likeness (QED) is 0.574. The van der Waals surface area contributed by atoms with Crippen molar-refractivity contribution in [1.82, 2.24) is 0 Å². The van der Waals surface area contributed by atoms with E-state index in [1.165, 1.54) is 5.56 Å². The molecule has 2 aromatic carbocycles. The van der Waals surface area contributed by atoms with E-state index in [1.54, 1.807) is 0 Å². The maximum absolute atomic E-state index is 10.6. The molecule has 2 aliphatic heterocycles. The lowest BCUT2D eigenvalue weighted by Gasteiger charge is -2.40. The van der Waals surface area contributed by atoms with Crippen LogP contribution in [-0.4, -0.2) is 58.1 Å². The zero-order valence-electron chi connectivity index (χ0n) is 16.8. The molecule has 0 bridgehead atoms. The SMILES string of the molecule is CCc1ccc(Cc2cc([C@H]3O[C@@H](CO)[C@H](O)[C@@H](O)[C@@H]3O)c3c(c2Cl)CCO3)cc1. The molecule has 2 aliphatic rings. The Morgan fingerprint density at radius 2 is 1.73 bits per heavy atom. The zero-order valence-corrected chi connectivity index (χ0v) is 17.5. The number of aryl methyl sites for hydroxylation is 1. The van der Waals surface area contributed by atoms with Crippen molar-refractivity contribution < 1.29 is 29.9 Å². The van der Waals surface area contributed by atoms with E-state index in [4.69, 9.17) is 21.1 Å². The Hall–Kier alpha value is -1.67. The molecule has 0 aliphatic carbocycles. The van der Waals surface area contributed by atoms with Crippen molar-refractivity contribution in [1.29, 1.82) is 0 Å². The second-order valence-electron chi connectivity index (χ2n) is 7.94. The summed E-state index contributed by atoms with van der Waals surface area (Å²) in [4.78, 5) is 0. The molecule has 2 heterocycles. The number of aliphatic hydroxyl groups excluding tert-OH is 4. The maximum atomic E-state index is 10.6. The number of aliphatic hydroxyl groups is 4. The fourth-order valence-corrected chi connectivity index (χ4v) is 4.55. The van der Waals surface area contributed by atoms with Gasteiger partial charge in [0, 0.05) is 17.5 Å². The van der Waals surface area contributed by atoms with Gasteiger partial charge in [-0.05, 0) is 35.6 Å². The van der Waals surface area contributed by atoms with Crippen LogP contribution in [0.5, 0.6) is 5.75 Å². The van der Waals surface area contributed by atoms with Gasteiger partial charge in [-0.25, -0.2) is 0 Å². The third kappa shape index (κ3) is 3.84. The summed E-state index contributed by atoms with van der Waals surface area (Å²) >= 11 is 6.71. The van der Waals surface area contributed by atoms with Crippen LogP contribution in [0.25, 0.3) is 0 Å². The molecule has 0 aromatic heterocycles. The normalized spacial score (nSPS) is 28.3. The summed E-state index contributed by atoms with van der Waals surface area (Å²) in [5.74, 6) is 0.550. The molecule has 4 rings (SSSR count). The van der Waals surface area contributed by atoms with E-state index in [1.807, 2.05) is 6.07 Å². The van der Waals surface area contributed by atoms with E-state index in [0.29, 0.717) is 35.8 Å². The van der Waals surface area contributed by atoms with Crippen LogP contribution >= 0.6 is 11.6 Å². The van der Waals surface area contributed by atoms with Crippen LogP contribution in [-0.2, 0) is 24.0 Å². The number of hydrogen-bond acceptors (Lipinski definition) is 6. The summed E-state index contributed by atoms with van der Waals surface area (Å²) in [6.07, 6.45) is -3.94. The van der Waals surface area contributed by atoms with Crippen molar-refractivity contribution >= 4 is 11.6 Å². The van der Waals surface area contributed by atoms with Gasteiger partial charge in [-0.3, -0.25) is 0 Å². The molecule has 2 aromatic rings. The standard InChI is InChI=1S/C23H27ClO6/c1-2-12-3-5-13(6-4-12)9-14-10-16(22-15(18(14)24)7-8-29-22)23-21(28)20(27)19(26)17(11-25)30-23/h3-6,10,17,19-21,23,25-28H,2,7-9,11H2,1H3/t17-,19-,20+,21-,23+/m0/s1. The summed E-state index contributed by atoms with van der Waals surface area (Å²) in [6.45, 7) is 2.10. The van der Waals surface area contributed by atoms with Crippen molar-refractivity contribution in [3.8, 4) is 5.75 Å². The highest BCUT2D eigenvalue weighted by Gasteiger charge is 2.45. The Bertz CT molecular complexity index is 898. The Kier molecular flexibility index (Phi) is 6.34. The Labute approximate surface area is 180 Å². The molecule has 162 valence electrons. The zero-order chi connectivity index (χ0) is 21.4. The van der Waals surface area contributed by atoms with E-state index < -0.39 is 37.1 Å². The number of rotatable bonds is 5. The van der Waals surface area contributed by atoms with E-state index in [0.717, 1.165) is 23.1 Å². The monoisotopic (exact) mass is 434 g/mol. The number of ether oxygens (including phenoxy) is 2. The topological polar surface area (TPSA) is 99.4 Å². The number of benzene rings is 2. The number of halogens is 1. The third-order valence-corrected chi connectivity index (χ3v) is 6.51.